The van der Waals surface area contributed by atoms with Gasteiger partial charge in [0, 0.05) is 11.1 Å². The maximum Gasteiger partial charge on any atom is 0.374 e. The number of furan rings is 1. The minimum absolute atomic E-state index is 0.0595. The lowest BCUT2D eigenvalue weighted by molar-refractivity contribution is 0.0251. The van der Waals surface area contributed by atoms with E-state index >= 15 is 0 Å². The Balaban J connectivity index is 2.23. The smallest absolute Gasteiger partial charge is 0.374 e. The molecule has 2 N–H and O–H groups in total. The molecule has 1 aromatic heterocycles. The Morgan fingerprint density at radius 3 is 2.72 bits per heavy atom. The maximum atomic E-state index is 11.9. The molecule has 0 spiro atoms. The first-order chi connectivity index (χ1) is 8.63. The van der Waals surface area contributed by atoms with Crippen LogP contribution >= 0.6 is 0 Å². The van der Waals surface area contributed by atoms with Crippen LogP contribution in [0.3, 0.4) is 0 Å². The molecule has 0 amide bonds. The second-order valence-corrected chi connectivity index (χ2v) is 4.25. The van der Waals surface area contributed by atoms with Gasteiger partial charge < -0.3 is 14.9 Å². The number of rotatable bonds is 4. The molecule has 2 aromatic rings. The summed E-state index contributed by atoms with van der Waals surface area (Å²) in [6.45, 7) is 3.97. The topological polar surface area (TPSA) is 65.5 Å². The Bertz CT molecular complexity index is 555. The first-order valence-corrected chi connectivity index (χ1v) is 6.14. The lowest BCUT2D eigenvalue weighted by Gasteiger charge is -2.12. The van der Waals surface area contributed by atoms with E-state index in [0.717, 1.165) is 18.2 Å². The summed E-state index contributed by atoms with van der Waals surface area (Å²) in [6.07, 6.45) is 1.54. The van der Waals surface area contributed by atoms with E-state index in [9.17, 15) is 4.79 Å². The number of esters is 1. The zero-order chi connectivity index (χ0) is 13.1. The number of nitrogen functional groups attached to an aromatic ring is 1. The van der Waals surface area contributed by atoms with Crippen molar-refractivity contribution in [3.63, 3.8) is 0 Å². The van der Waals surface area contributed by atoms with Crippen LogP contribution in [0.2, 0.25) is 0 Å². The number of benzene rings is 1. The van der Waals surface area contributed by atoms with Crippen LogP contribution in [0.5, 0.6) is 0 Å². The van der Waals surface area contributed by atoms with Crippen LogP contribution in [0.25, 0.3) is 11.0 Å². The highest BCUT2D eigenvalue weighted by Gasteiger charge is 2.17. The number of carbonyl (C=O) groups excluding carboxylic acids is 1. The first-order valence-electron chi connectivity index (χ1n) is 6.14. The minimum atomic E-state index is -0.418. The molecule has 0 atom stereocenters. The Morgan fingerprint density at radius 1 is 1.33 bits per heavy atom. The van der Waals surface area contributed by atoms with E-state index in [-0.39, 0.29) is 11.9 Å². The Labute approximate surface area is 106 Å². The van der Waals surface area contributed by atoms with Gasteiger partial charge in [-0.3, -0.25) is 0 Å². The highest BCUT2D eigenvalue weighted by Crippen LogP contribution is 2.22. The standard InChI is InChI=1S/C14H17NO3/c1-3-11(4-2)17-14(16)13-8-9-7-10(15)5-6-12(9)18-13/h5-8,11H,3-4,15H2,1-2H3. The van der Waals surface area contributed by atoms with E-state index in [2.05, 4.69) is 0 Å². The molecule has 0 saturated carbocycles. The van der Waals surface area contributed by atoms with Crippen LogP contribution in [0, 0.1) is 0 Å². The van der Waals surface area contributed by atoms with E-state index in [1.165, 1.54) is 0 Å². The summed E-state index contributed by atoms with van der Waals surface area (Å²) in [6, 6.07) is 6.92. The Kier molecular flexibility index (Phi) is 3.55. The third-order valence-electron chi connectivity index (χ3n) is 2.93. The number of hydrogen-bond donors (Lipinski definition) is 1. The van der Waals surface area contributed by atoms with Crippen molar-refractivity contribution < 1.29 is 13.9 Å². The van der Waals surface area contributed by atoms with Crippen LogP contribution in [0.15, 0.2) is 28.7 Å². The molecule has 1 aromatic carbocycles. The lowest BCUT2D eigenvalue weighted by atomic mass is 10.2. The molecule has 0 fully saturated rings. The van der Waals surface area contributed by atoms with Crippen molar-refractivity contribution in [1.29, 1.82) is 0 Å². The number of nitrogens with two attached hydrogens (primary N) is 1. The molecule has 18 heavy (non-hydrogen) atoms. The van der Waals surface area contributed by atoms with Gasteiger partial charge in [-0.05, 0) is 37.1 Å². The number of anilines is 1. The van der Waals surface area contributed by atoms with Crippen molar-refractivity contribution in [3.8, 4) is 0 Å². The van der Waals surface area contributed by atoms with Gasteiger partial charge in [0.25, 0.3) is 0 Å². The predicted molar refractivity (Wildman–Crippen MR) is 70.4 cm³/mol. The number of ether oxygens (including phenoxy) is 1. The summed E-state index contributed by atoms with van der Waals surface area (Å²) in [5, 5.41) is 0.812. The molecule has 2 rings (SSSR count). The van der Waals surface area contributed by atoms with Crippen molar-refractivity contribution in [2.75, 3.05) is 5.73 Å². The minimum Gasteiger partial charge on any atom is -0.457 e. The van der Waals surface area contributed by atoms with E-state index in [1.54, 1.807) is 24.3 Å². The van der Waals surface area contributed by atoms with Crippen LogP contribution in [-0.4, -0.2) is 12.1 Å². The third-order valence-corrected chi connectivity index (χ3v) is 2.93. The van der Waals surface area contributed by atoms with Crippen molar-refractivity contribution >= 4 is 22.6 Å². The molecule has 0 unspecified atom stereocenters. The summed E-state index contributed by atoms with van der Waals surface area (Å²) >= 11 is 0. The average Bonchev–Trinajstić information content (AvgIpc) is 2.78. The normalized spacial score (nSPS) is 11.1. The first kappa shape index (κ1) is 12.5. The van der Waals surface area contributed by atoms with Gasteiger partial charge in [-0.25, -0.2) is 4.79 Å². The Morgan fingerprint density at radius 2 is 2.06 bits per heavy atom. The predicted octanol–water partition coefficient (Wildman–Crippen LogP) is 3.36. The number of hydrogen-bond acceptors (Lipinski definition) is 4. The van der Waals surface area contributed by atoms with Crippen LogP contribution < -0.4 is 5.73 Å². The average molecular weight is 247 g/mol. The number of carbonyl (C=O) groups is 1. The van der Waals surface area contributed by atoms with E-state index in [0.29, 0.717) is 11.3 Å². The Hall–Kier alpha value is -1.97. The quantitative estimate of drug-likeness (QED) is 0.664. The van der Waals surface area contributed by atoms with Crippen LogP contribution in [-0.2, 0) is 4.74 Å². The van der Waals surface area contributed by atoms with Crippen LogP contribution in [0.1, 0.15) is 37.2 Å². The monoisotopic (exact) mass is 247 g/mol. The second-order valence-electron chi connectivity index (χ2n) is 4.25. The molecule has 1 heterocycles. The highest BCUT2D eigenvalue weighted by atomic mass is 16.6. The molecule has 0 bridgehead atoms. The summed E-state index contributed by atoms with van der Waals surface area (Å²) < 4.78 is 10.8. The van der Waals surface area contributed by atoms with Gasteiger partial charge in [0.05, 0.1) is 0 Å². The maximum absolute atomic E-state index is 11.9. The van der Waals surface area contributed by atoms with Crippen molar-refractivity contribution in [1.82, 2.24) is 0 Å². The van der Waals surface area contributed by atoms with E-state index in [4.69, 9.17) is 14.9 Å². The fourth-order valence-corrected chi connectivity index (χ4v) is 1.83. The second kappa shape index (κ2) is 5.12. The van der Waals surface area contributed by atoms with Gasteiger partial charge in [0.15, 0.2) is 0 Å². The molecule has 4 heteroatoms. The third kappa shape index (κ3) is 2.47. The lowest BCUT2D eigenvalue weighted by Crippen LogP contribution is -2.16. The fourth-order valence-electron chi connectivity index (χ4n) is 1.83. The molecular formula is C14H17NO3. The molecular weight excluding hydrogens is 230 g/mol. The fraction of sp³-hybridized carbons (Fsp3) is 0.357. The van der Waals surface area contributed by atoms with Crippen molar-refractivity contribution in [3.05, 3.63) is 30.0 Å². The molecule has 0 aliphatic rings. The zero-order valence-electron chi connectivity index (χ0n) is 10.6. The van der Waals surface area contributed by atoms with Gasteiger partial charge in [0.2, 0.25) is 5.76 Å². The summed E-state index contributed by atoms with van der Waals surface area (Å²) in [7, 11) is 0. The van der Waals surface area contributed by atoms with Gasteiger partial charge in [0.1, 0.15) is 11.7 Å². The van der Waals surface area contributed by atoms with Gasteiger partial charge in [-0.2, -0.15) is 0 Å². The van der Waals surface area contributed by atoms with Gasteiger partial charge in [-0.15, -0.1) is 0 Å². The number of fused-ring (bicyclic) bond motifs is 1. The van der Waals surface area contributed by atoms with Gasteiger partial charge in [-0.1, -0.05) is 13.8 Å². The van der Waals surface area contributed by atoms with Crippen molar-refractivity contribution in [2.24, 2.45) is 0 Å². The molecule has 0 aliphatic heterocycles. The molecule has 4 nitrogen and oxygen atoms in total. The van der Waals surface area contributed by atoms with Crippen LogP contribution in [0.4, 0.5) is 5.69 Å². The zero-order valence-corrected chi connectivity index (χ0v) is 10.6. The molecule has 0 aliphatic carbocycles. The molecule has 96 valence electrons. The molecule has 0 radical (unpaired) electrons. The molecule has 0 saturated heterocycles. The largest absolute Gasteiger partial charge is 0.457 e. The van der Waals surface area contributed by atoms with Crippen molar-refractivity contribution in [2.45, 2.75) is 32.8 Å². The summed E-state index contributed by atoms with van der Waals surface area (Å²) in [5.41, 5.74) is 6.96. The SMILES string of the molecule is CCC(CC)OC(=O)c1cc2cc(N)ccc2o1. The van der Waals surface area contributed by atoms with E-state index < -0.39 is 5.97 Å². The summed E-state index contributed by atoms with van der Waals surface area (Å²) in [4.78, 5) is 11.9. The van der Waals surface area contributed by atoms with E-state index in [1.807, 2.05) is 13.8 Å². The highest BCUT2D eigenvalue weighted by molar-refractivity contribution is 5.93. The van der Waals surface area contributed by atoms with Gasteiger partial charge >= 0.3 is 5.97 Å². The summed E-state index contributed by atoms with van der Waals surface area (Å²) in [5.74, 6) is -0.194.